The van der Waals surface area contributed by atoms with Gasteiger partial charge in [-0.1, -0.05) is 0 Å². The Morgan fingerprint density at radius 1 is 0.323 bits per heavy atom. The Kier molecular flexibility index (Phi) is 14.5. The molecule has 18 heteroatoms. The summed E-state index contributed by atoms with van der Waals surface area (Å²) in [6, 6.07) is 22.2. The zero-order valence-electron chi connectivity index (χ0n) is 36.8. The summed E-state index contributed by atoms with van der Waals surface area (Å²) in [5.74, 6) is 1.59. The SMILES string of the molecule is COc1cc(Oc2cc(C(=O)Oc3ccc(OC(=O)c4cc(N)cc(N)c4)cc3)cc(Oc3cc(OC)c(OC)c(OC)c3)c2Oc2cc(OC)c(OC)c(OC)c2)cc(OC)c1OC. The summed E-state index contributed by atoms with van der Waals surface area (Å²) in [6.07, 6.45) is 0. The maximum Gasteiger partial charge on any atom is 0.343 e. The van der Waals surface area contributed by atoms with Gasteiger partial charge in [-0.2, -0.15) is 0 Å². The zero-order valence-corrected chi connectivity index (χ0v) is 36.8. The van der Waals surface area contributed by atoms with Crippen LogP contribution in [-0.4, -0.2) is 75.9 Å². The van der Waals surface area contributed by atoms with Crippen molar-refractivity contribution in [2.24, 2.45) is 0 Å². The molecule has 340 valence electrons. The largest absolute Gasteiger partial charge is 0.493 e. The van der Waals surface area contributed by atoms with Gasteiger partial charge in [0.05, 0.1) is 75.1 Å². The summed E-state index contributed by atoms with van der Waals surface area (Å²) in [6.45, 7) is 0. The second-order valence-electron chi connectivity index (χ2n) is 13.3. The van der Waals surface area contributed by atoms with Gasteiger partial charge in [0.1, 0.15) is 28.7 Å². The Balaban J connectivity index is 1.48. The average Bonchev–Trinajstić information content (AvgIpc) is 3.31. The van der Waals surface area contributed by atoms with Gasteiger partial charge in [-0.25, -0.2) is 9.59 Å². The van der Waals surface area contributed by atoms with Gasteiger partial charge in [0.15, 0.2) is 46.0 Å². The van der Waals surface area contributed by atoms with Gasteiger partial charge in [0.25, 0.3) is 0 Å². The van der Waals surface area contributed by atoms with E-state index in [2.05, 4.69) is 0 Å². The van der Waals surface area contributed by atoms with E-state index in [1.54, 1.807) is 36.4 Å². The molecule has 0 fully saturated rings. The Labute approximate surface area is 373 Å². The number of hydrogen-bond donors (Lipinski definition) is 2. The number of carbonyl (C=O) groups is 2. The number of carbonyl (C=O) groups excluding carboxylic acids is 2. The first-order chi connectivity index (χ1) is 31.4. The van der Waals surface area contributed by atoms with Crippen molar-refractivity contribution in [2.75, 3.05) is 75.5 Å². The van der Waals surface area contributed by atoms with E-state index in [9.17, 15) is 9.59 Å². The van der Waals surface area contributed by atoms with Crippen LogP contribution in [0.5, 0.6) is 97.7 Å². The Bertz CT molecular complexity index is 2500. The molecule has 18 nitrogen and oxygen atoms in total. The third-order valence-electron chi connectivity index (χ3n) is 9.30. The van der Waals surface area contributed by atoms with Crippen molar-refractivity contribution in [3.8, 4) is 97.7 Å². The minimum absolute atomic E-state index is 0.0496. The van der Waals surface area contributed by atoms with Crippen LogP contribution in [0, 0.1) is 0 Å². The molecule has 0 spiro atoms. The average molecular weight is 895 g/mol. The first kappa shape index (κ1) is 46.0. The molecule has 0 saturated carbocycles. The molecule has 6 aromatic rings. The summed E-state index contributed by atoms with van der Waals surface area (Å²) in [5.41, 5.74) is 12.4. The highest BCUT2D eigenvalue weighted by Crippen LogP contribution is 2.51. The third-order valence-corrected chi connectivity index (χ3v) is 9.30. The van der Waals surface area contributed by atoms with Crippen LogP contribution in [0.25, 0.3) is 0 Å². The summed E-state index contributed by atoms with van der Waals surface area (Å²) in [4.78, 5) is 27.0. The van der Waals surface area contributed by atoms with Crippen LogP contribution in [0.1, 0.15) is 20.7 Å². The van der Waals surface area contributed by atoms with Gasteiger partial charge in [-0.05, 0) is 54.6 Å². The molecule has 6 rings (SSSR count). The van der Waals surface area contributed by atoms with E-state index in [1.165, 1.54) is 119 Å². The lowest BCUT2D eigenvalue weighted by Gasteiger charge is -2.21. The van der Waals surface area contributed by atoms with Crippen molar-refractivity contribution >= 4 is 23.3 Å². The molecule has 0 bridgehead atoms. The van der Waals surface area contributed by atoms with Gasteiger partial charge in [-0.3, -0.25) is 0 Å². The maximum atomic E-state index is 14.2. The highest BCUT2D eigenvalue weighted by Gasteiger charge is 2.26. The highest BCUT2D eigenvalue weighted by molar-refractivity contribution is 5.94. The van der Waals surface area contributed by atoms with Gasteiger partial charge in [0.2, 0.25) is 23.0 Å². The van der Waals surface area contributed by atoms with Crippen molar-refractivity contribution in [3.63, 3.8) is 0 Å². The molecule has 0 saturated heterocycles. The van der Waals surface area contributed by atoms with Crippen LogP contribution in [0.3, 0.4) is 0 Å². The number of anilines is 2. The lowest BCUT2D eigenvalue weighted by molar-refractivity contribution is 0.0719. The number of nitrogens with two attached hydrogens (primary N) is 2. The second-order valence-corrected chi connectivity index (χ2v) is 13.3. The molecule has 0 atom stereocenters. The predicted molar refractivity (Wildman–Crippen MR) is 237 cm³/mol. The van der Waals surface area contributed by atoms with E-state index >= 15 is 0 Å². The molecule has 0 radical (unpaired) electrons. The number of esters is 2. The first-order valence-corrected chi connectivity index (χ1v) is 19.2. The molecule has 65 heavy (non-hydrogen) atoms. The number of benzene rings is 6. The molecule has 6 aromatic carbocycles. The fourth-order valence-corrected chi connectivity index (χ4v) is 6.37. The van der Waals surface area contributed by atoms with Crippen LogP contribution in [0.2, 0.25) is 0 Å². The maximum absolute atomic E-state index is 14.2. The van der Waals surface area contributed by atoms with E-state index in [1.807, 2.05) is 0 Å². The van der Waals surface area contributed by atoms with Gasteiger partial charge in [-0.15, -0.1) is 0 Å². The van der Waals surface area contributed by atoms with Gasteiger partial charge >= 0.3 is 11.9 Å². The summed E-state index contributed by atoms with van der Waals surface area (Å²) in [7, 11) is 13.1. The Morgan fingerprint density at radius 3 is 0.908 bits per heavy atom. The lowest BCUT2D eigenvalue weighted by atomic mass is 10.1. The third kappa shape index (κ3) is 10.4. The van der Waals surface area contributed by atoms with Gasteiger partial charge in [0, 0.05) is 47.8 Å². The molecule has 0 aliphatic rings. The van der Waals surface area contributed by atoms with E-state index in [0.29, 0.717) is 28.6 Å². The van der Waals surface area contributed by atoms with Crippen LogP contribution in [0.15, 0.2) is 91.0 Å². The van der Waals surface area contributed by atoms with Crippen LogP contribution in [-0.2, 0) is 0 Å². The van der Waals surface area contributed by atoms with Crippen LogP contribution >= 0.6 is 0 Å². The topological polar surface area (TPSA) is 215 Å². The molecule has 0 aromatic heterocycles. The molecule has 0 aliphatic heterocycles. The lowest BCUT2D eigenvalue weighted by Crippen LogP contribution is -2.11. The molecule has 0 heterocycles. The first-order valence-electron chi connectivity index (χ1n) is 19.2. The number of rotatable bonds is 19. The highest BCUT2D eigenvalue weighted by atomic mass is 16.6. The zero-order chi connectivity index (χ0) is 46.8. The molecular formula is C47H46N2O16. The summed E-state index contributed by atoms with van der Waals surface area (Å²) in [5, 5.41) is 0. The Hall–Kier alpha value is -8.54. The van der Waals surface area contributed by atoms with Crippen LogP contribution < -0.4 is 77.8 Å². The molecule has 0 unspecified atom stereocenters. The molecule has 0 amide bonds. The van der Waals surface area contributed by atoms with E-state index in [4.69, 9.17) is 77.8 Å². The number of nitrogen functional groups attached to an aromatic ring is 2. The standard InChI is InChI=1S/C47H46N2O16/c1-52-34-19-31(20-35(53-2)42(34)58-7)61-40-16-26(47(51)65-30-12-10-29(11-13-30)64-46(50)25-14-27(48)18-28(49)15-25)17-41(62-32-21-36(54-3)43(59-8)37(22-32)55-4)45(40)63-33-23-38(56-5)44(60-9)39(24-33)57-6/h10-24H,48-49H2,1-9H3. The van der Waals surface area contributed by atoms with E-state index in [-0.39, 0.29) is 91.6 Å². The Morgan fingerprint density at radius 2 is 0.615 bits per heavy atom. The minimum atomic E-state index is -0.853. The molecule has 0 aliphatic carbocycles. The smallest absolute Gasteiger partial charge is 0.343 e. The van der Waals surface area contributed by atoms with E-state index in [0.717, 1.165) is 0 Å². The number of ether oxygens (including phenoxy) is 14. The monoisotopic (exact) mass is 894 g/mol. The van der Waals surface area contributed by atoms with Crippen LogP contribution in [0.4, 0.5) is 11.4 Å². The van der Waals surface area contributed by atoms with Crippen molar-refractivity contribution in [2.45, 2.75) is 0 Å². The van der Waals surface area contributed by atoms with Crippen molar-refractivity contribution in [3.05, 3.63) is 102 Å². The summed E-state index contributed by atoms with van der Waals surface area (Å²) < 4.78 is 81.0. The number of hydrogen-bond acceptors (Lipinski definition) is 18. The normalized spacial score (nSPS) is 10.5. The van der Waals surface area contributed by atoms with Gasteiger partial charge < -0.3 is 77.8 Å². The fraction of sp³-hybridized carbons (Fsp3) is 0.191. The quantitative estimate of drug-likeness (QED) is 0.0441. The number of methoxy groups -OCH3 is 9. The summed E-state index contributed by atoms with van der Waals surface area (Å²) >= 11 is 0. The van der Waals surface area contributed by atoms with Crippen molar-refractivity contribution in [1.29, 1.82) is 0 Å². The fourth-order valence-electron chi connectivity index (χ4n) is 6.37. The van der Waals surface area contributed by atoms with E-state index < -0.39 is 11.9 Å². The van der Waals surface area contributed by atoms with Crippen molar-refractivity contribution < 1.29 is 75.9 Å². The van der Waals surface area contributed by atoms with Crippen molar-refractivity contribution in [1.82, 2.24) is 0 Å². The minimum Gasteiger partial charge on any atom is -0.493 e. The molecular weight excluding hydrogens is 849 g/mol. The second kappa shape index (κ2) is 20.6. The molecule has 4 N–H and O–H groups in total. The predicted octanol–water partition coefficient (Wildman–Crippen LogP) is 8.74.